The molecule has 17 heavy (non-hydrogen) atoms. The molecule has 0 spiro atoms. The van der Waals surface area contributed by atoms with Gasteiger partial charge in [0.15, 0.2) is 0 Å². The van der Waals surface area contributed by atoms with Gasteiger partial charge in [0.1, 0.15) is 12.1 Å². The fourth-order valence-corrected chi connectivity index (χ4v) is 2.75. The van der Waals surface area contributed by atoms with Gasteiger partial charge in [-0.05, 0) is 25.2 Å². The van der Waals surface area contributed by atoms with Gasteiger partial charge in [0.05, 0.1) is 18.2 Å². The van der Waals surface area contributed by atoms with Crippen LogP contribution in [0.1, 0.15) is 44.7 Å². The van der Waals surface area contributed by atoms with Crippen molar-refractivity contribution in [2.45, 2.75) is 57.3 Å². The summed E-state index contributed by atoms with van der Waals surface area (Å²) in [6.07, 6.45) is 6.03. The van der Waals surface area contributed by atoms with Gasteiger partial charge in [-0.15, -0.1) is 0 Å². The molecule has 0 aliphatic carbocycles. The minimum absolute atomic E-state index is 0.387. The maximum Gasteiger partial charge on any atom is 0.129 e. The summed E-state index contributed by atoms with van der Waals surface area (Å²) >= 11 is 0. The van der Waals surface area contributed by atoms with Crippen LogP contribution in [0.2, 0.25) is 0 Å². The molecule has 1 aromatic rings. The SMILES string of the molecule is CC(C)c1cc(NC2CC3CCC2O3)ncn1. The van der Waals surface area contributed by atoms with Crippen molar-refractivity contribution in [1.82, 2.24) is 9.97 Å². The third-order valence-electron chi connectivity index (χ3n) is 3.72. The van der Waals surface area contributed by atoms with Crippen molar-refractivity contribution < 1.29 is 4.74 Å². The molecular weight excluding hydrogens is 214 g/mol. The first-order valence-electron chi connectivity index (χ1n) is 6.46. The molecule has 3 rings (SSSR count). The molecule has 92 valence electrons. The molecule has 2 aliphatic rings. The Hall–Kier alpha value is -1.16. The Labute approximate surface area is 102 Å². The van der Waals surface area contributed by atoms with Gasteiger partial charge in [0.25, 0.3) is 0 Å². The van der Waals surface area contributed by atoms with Crippen molar-refractivity contribution in [3.05, 3.63) is 18.1 Å². The average molecular weight is 233 g/mol. The van der Waals surface area contributed by atoms with E-state index in [0.29, 0.717) is 24.2 Å². The number of hydrogen-bond acceptors (Lipinski definition) is 4. The second-order valence-corrected chi connectivity index (χ2v) is 5.34. The van der Waals surface area contributed by atoms with E-state index in [1.165, 1.54) is 12.8 Å². The molecule has 2 saturated heterocycles. The number of hydrogen-bond donors (Lipinski definition) is 1. The topological polar surface area (TPSA) is 47.0 Å². The maximum absolute atomic E-state index is 5.83. The standard InChI is InChI=1S/C13H19N3O/c1-8(2)10-6-13(15-7-14-10)16-11-5-9-3-4-12(11)17-9/h6-9,11-12H,3-5H2,1-2H3,(H,14,15,16). The van der Waals surface area contributed by atoms with Gasteiger partial charge in [-0.3, -0.25) is 0 Å². The lowest BCUT2D eigenvalue weighted by molar-refractivity contribution is 0.102. The highest BCUT2D eigenvalue weighted by Gasteiger charge is 2.40. The van der Waals surface area contributed by atoms with Gasteiger partial charge in [0, 0.05) is 11.8 Å². The summed E-state index contributed by atoms with van der Waals surface area (Å²) in [6, 6.07) is 2.49. The smallest absolute Gasteiger partial charge is 0.129 e. The molecule has 4 nitrogen and oxygen atoms in total. The van der Waals surface area contributed by atoms with E-state index in [-0.39, 0.29) is 0 Å². The van der Waals surface area contributed by atoms with Crippen LogP contribution in [0, 0.1) is 0 Å². The molecule has 3 atom stereocenters. The molecule has 0 amide bonds. The van der Waals surface area contributed by atoms with Gasteiger partial charge in [0.2, 0.25) is 0 Å². The summed E-state index contributed by atoms with van der Waals surface area (Å²) in [4.78, 5) is 8.57. The fraction of sp³-hybridized carbons (Fsp3) is 0.692. The van der Waals surface area contributed by atoms with Crippen molar-refractivity contribution in [3.63, 3.8) is 0 Å². The van der Waals surface area contributed by atoms with E-state index in [1.807, 2.05) is 0 Å². The number of nitrogens with zero attached hydrogens (tertiary/aromatic N) is 2. The highest BCUT2D eigenvalue weighted by molar-refractivity contribution is 5.37. The lowest BCUT2D eigenvalue weighted by Gasteiger charge is -2.20. The molecule has 2 bridgehead atoms. The summed E-state index contributed by atoms with van der Waals surface area (Å²) in [5, 5.41) is 3.49. The van der Waals surface area contributed by atoms with Gasteiger partial charge >= 0.3 is 0 Å². The third-order valence-corrected chi connectivity index (χ3v) is 3.72. The molecule has 1 N–H and O–H groups in total. The molecule has 3 unspecified atom stereocenters. The minimum atomic E-state index is 0.387. The van der Waals surface area contributed by atoms with Crippen LogP contribution in [0.5, 0.6) is 0 Å². The van der Waals surface area contributed by atoms with Gasteiger partial charge < -0.3 is 10.1 Å². The summed E-state index contributed by atoms with van der Waals surface area (Å²) in [6.45, 7) is 4.29. The van der Waals surface area contributed by atoms with E-state index in [4.69, 9.17) is 4.74 Å². The van der Waals surface area contributed by atoms with Crippen LogP contribution < -0.4 is 5.32 Å². The van der Waals surface area contributed by atoms with Gasteiger partial charge in [-0.25, -0.2) is 9.97 Å². The van der Waals surface area contributed by atoms with E-state index >= 15 is 0 Å². The Morgan fingerprint density at radius 2 is 2.24 bits per heavy atom. The average Bonchev–Trinajstić information content (AvgIpc) is 2.91. The summed E-state index contributed by atoms with van der Waals surface area (Å²) in [5.74, 6) is 1.37. The number of ether oxygens (including phenoxy) is 1. The number of rotatable bonds is 3. The largest absolute Gasteiger partial charge is 0.373 e. The lowest BCUT2D eigenvalue weighted by Crippen LogP contribution is -2.30. The Morgan fingerprint density at radius 1 is 1.35 bits per heavy atom. The van der Waals surface area contributed by atoms with Crippen LogP contribution in [-0.4, -0.2) is 28.2 Å². The van der Waals surface area contributed by atoms with E-state index in [2.05, 4.69) is 35.2 Å². The highest BCUT2D eigenvalue weighted by Crippen LogP contribution is 2.35. The molecular formula is C13H19N3O. The van der Waals surface area contributed by atoms with E-state index in [9.17, 15) is 0 Å². The molecule has 0 radical (unpaired) electrons. The van der Waals surface area contributed by atoms with Crippen LogP contribution in [0.25, 0.3) is 0 Å². The molecule has 2 aliphatic heterocycles. The van der Waals surface area contributed by atoms with Crippen LogP contribution >= 0.6 is 0 Å². The maximum atomic E-state index is 5.83. The zero-order chi connectivity index (χ0) is 11.8. The van der Waals surface area contributed by atoms with Crippen LogP contribution in [0.15, 0.2) is 12.4 Å². The Morgan fingerprint density at radius 3 is 2.88 bits per heavy atom. The van der Waals surface area contributed by atoms with Crippen LogP contribution in [0.3, 0.4) is 0 Å². The third kappa shape index (κ3) is 2.14. The zero-order valence-corrected chi connectivity index (χ0v) is 10.4. The van der Waals surface area contributed by atoms with Crippen molar-refractivity contribution in [1.29, 1.82) is 0 Å². The highest BCUT2D eigenvalue weighted by atomic mass is 16.5. The first-order valence-corrected chi connectivity index (χ1v) is 6.46. The number of nitrogens with one attached hydrogen (secondary N) is 1. The number of aromatic nitrogens is 2. The zero-order valence-electron chi connectivity index (χ0n) is 10.4. The van der Waals surface area contributed by atoms with Crippen LogP contribution in [-0.2, 0) is 4.74 Å². The predicted octanol–water partition coefficient (Wildman–Crippen LogP) is 2.33. The lowest BCUT2D eigenvalue weighted by atomic mass is 9.95. The second kappa shape index (κ2) is 4.26. The monoisotopic (exact) mass is 233 g/mol. The normalized spacial score (nSPS) is 31.1. The van der Waals surface area contributed by atoms with E-state index in [0.717, 1.165) is 17.9 Å². The minimum Gasteiger partial charge on any atom is -0.373 e. The van der Waals surface area contributed by atoms with Crippen molar-refractivity contribution in [2.75, 3.05) is 5.32 Å². The van der Waals surface area contributed by atoms with Gasteiger partial charge in [-0.2, -0.15) is 0 Å². The van der Waals surface area contributed by atoms with Gasteiger partial charge in [-0.1, -0.05) is 13.8 Å². The Balaban J connectivity index is 1.70. The summed E-state index contributed by atoms with van der Waals surface area (Å²) < 4.78 is 5.83. The first kappa shape index (κ1) is 11.0. The molecule has 0 aromatic carbocycles. The molecule has 4 heteroatoms. The molecule has 2 fully saturated rings. The second-order valence-electron chi connectivity index (χ2n) is 5.34. The molecule has 3 heterocycles. The molecule has 0 saturated carbocycles. The van der Waals surface area contributed by atoms with E-state index in [1.54, 1.807) is 6.33 Å². The van der Waals surface area contributed by atoms with E-state index < -0.39 is 0 Å². The quantitative estimate of drug-likeness (QED) is 0.870. The molecule has 1 aromatic heterocycles. The van der Waals surface area contributed by atoms with Crippen molar-refractivity contribution in [3.8, 4) is 0 Å². The van der Waals surface area contributed by atoms with Crippen LogP contribution in [0.4, 0.5) is 5.82 Å². The number of anilines is 1. The first-order chi connectivity index (χ1) is 8.22. The number of fused-ring (bicyclic) bond motifs is 2. The summed E-state index contributed by atoms with van der Waals surface area (Å²) in [7, 11) is 0. The van der Waals surface area contributed by atoms with Crippen molar-refractivity contribution in [2.24, 2.45) is 0 Å². The van der Waals surface area contributed by atoms with Crippen molar-refractivity contribution >= 4 is 5.82 Å². The Kier molecular flexibility index (Phi) is 2.74. The fourth-order valence-electron chi connectivity index (χ4n) is 2.75. The Bertz CT molecular complexity index is 407. The summed E-state index contributed by atoms with van der Waals surface area (Å²) in [5.41, 5.74) is 1.09. The predicted molar refractivity (Wildman–Crippen MR) is 66.0 cm³/mol.